The summed E-state index contributed by atoms with van der Waals surface area (Å²) < 4.78 is 0. The van der Waals surface area contributed by atoms with Gasteiger partial charge in [-0.2, -0.15) is 0 Å². The van der Waals surface area contributed by atoms with E-state index in [1.165, 1.54) is 38.5 Å². The van der Waals surface area contributed by atoms with Gasteiger partial charge in [-0.15, -0.1) is 0 Å². The van der Waals surface area contributed by atoms with Gasteiger partial charge in [0.15, 0.2) is 5.78 Å². The minimum absolute atomic E-state index is 0.0576. The van der Waals surface area contributed by atoms with Crippen molar-refractivity contribution in [1.82, 2.24) is 0 Å². The van der Waals surface area contributed by atoms with E-state index in [-0.39, 0.29) is 22.5 Å². The van der Waals surface area contributed by atoms with Gasteiger partial charge in [0.25, 0.3) is 0 Å². The Morgan fingerprint density at radius 2 is 1.59 bits per heavy atom. The number of aliphatic hydroxyl groups is 1. The summed E-state index contributed by atoms with van der Waals surface area (Å²) >= 11 is 0. The third-order valence-electron chi connectivity index (χ3n) is 6.37. The molecule has 0 saturated heterocycles. The van der Waals surface area contributed by atoms with Gasteiger partial charge in [-0.05, 0) is 61.7 Å². The highest BCUT2D eigenvalue weighted by atomic mass is 16.3. The van der Waals surface area contributed by atoms with Gasteiger partial charge in [0.05, 0.1) is 11.1 Å². The molecule has 0 heterocycles. The number of hydrogen-bond donors (Lipinski definition) is 1. The van der Waals surface area contributed by atoms with Gasteiger partial charge in [0.1, 0.15) is 5.76 Å². The Morgan fingerprint density at radius 1 is 1.05 bits per heavy atom. The van der Waals surface area contributed by atoms with E-state index in [4.69, 9.17) is 4.99 Å². The molecule has 0 atom stereocenters. The van der Waals surface area contributed by atoms with E-state index < -0.39 is 0 Å². The molecule has 4 saturated carbocycles. The van der Waals surface area contributed by atoms with Gasteiger partial charge in [0, 0.05) is 19.1 Å². The molecule has 5 aliphatic rings. The van der Waals surface area contributed by atoms with Gasteiger partial charge < -0.3 is 5.11 Å². The SMILES string of the molecule is CC1(C)CC(=O)C(C=NC23CC4CC(CC(C4)C2)C3)=C(O)C1. The molecule has 0 aromatic heterocycles. The molecule has 0 aromatic carbocycles. The molecular formula is C19H27NO2. The first-order valence-corrected chi connectivity index (χ1v) is 8.85. The van der Waals surface area contributed by atoms with Crippen LogP contribution in [-0.2, 0) is 4.79 Å². The predicted octanol–water partition coefficient (Wildman–Crippen LogP) is 4.23. The molecular weight excluding hydrogens is 274 g/mol. The fraction of sp³-hybridized carbons (Fsp3) is 0.789. The lowest BCUT2D eigenvalue weighted by Gasteiger charge is -2.55. The van der Waals surface area contributed by atoms with Crippen LogP contribution in [-0.4, -0.2) is 22.6 Å². The summed E-state index contributed by atoms with van der Waals surface area (Å²) in [6, 6.07) is 0. The quantitative estimate of drug-likeness (QED) is 0.776. The average molecular weight is 301 g/mol. The van der Waals surface area contributed by atoms with Crippen LogP contribution in [0.2, 0.25) is 0 Å². The third-order valence-corrected chi connectivity index (χ3v) is 6.37. The molecule has 3 nitrogen and oxygen atoms in total. The number of aliphatic imine (C=N–C) groups is 1. The fourth-order valence-corrected chi connectivity index (χ4v) is 5.87. The molecule has 0 spiro atoms. The van der Waals surface area contributed by atoms with Crippen LogP contribution in [0.1, 0.15) is 65.2 Å². The van der Waals surface area contributed by atoms with E-state index in [1.54, 1.807) is 6.21 Å². The summed E-state index contributed by atoms with van der Waals surface area (Å²) in [4.78, 5) is 17.3. The van der Waals surface area contributed by atoms with Gasteiger partial charge in [-0.3, -0.25) is 9.79 Å². The van der Waals surface area contributed by atoms with Crippen molar-refractivity contribution >= 4 is 12.0 Å². The zero-order chi connectivity index (χ0) is 15.5. The molecule has 1 N–H and O–H groups in total. The summed E-state index contributed by atoms with van der Waals surface area (Å²) in [6.07, 6.45) is 10.6. The van der Waals surface area contributed by atoms with Crippen molar-refractivity contribution in [3.63, 3.8) is 0 Å². The van der Waals surface area contributed by atoms with Crippen molar-refractivity contribution in [3.05, 3.63) is 11.3 Å². The van der Waals surface area contributed by atoms with E-state index in [9.17, 15) is 9.90 Å². The number of Topliss-reactive ketones (excluding diaryl/α,β-unsaturated/α-hetero) is 1. The maximum absolute atomic E-state index is 12.3. The Hall–Kier alpha value is -1.12. The number of rotatable bonds is 2. The van der Waals surface area contributed by atoms with Crippen LogP contribution in [0.3, 0.4) is 0 Å². The molecule has 120 valence electrons. The first-order chi connectivity index (χ1) is 10.3. The topological polar surface area (TPSA) is 49.7 Å². The first-order valence-electron chi connectivity index (χ1n) is 8.85. The van der Waals surface area contributed by atoms with Crippen LogP contribution < -0.4 is 0 Å². The van der Waals surface area contributed by atoms with Crippen LogP contribution in [0.4, 0.5) is 0 Å². The third kappa shape index (κ3) is 2.43. The standard InChI is InChI=1S/C19H27NO2/c1-18(2)9-16(21)15(17(22)10-18)11-20-19-6-12-3-13(7-19)5-14(4-12)8-19/h11-14,21H,3-10H2,1-2H3. The molecule has 4 fully saturated rings. The van der Waals surface area contributed by atoms with Crippen molar-refractivity contribution in [3.8, 4) is 0 Å². The van der Waals surface area contributed by atoms with E-state index in [1.807, 2.05) is 13.8 Å². The molecule has 0 radical (unpaired) electrons. The van der Waals surface area contributed by atoms with Crippen LogP contribution in [0.15, 0.2) is 16.3 Å². The normalized spacial score (nSPS) is 43.4. The van der Waals surface area contributed by atoms with Crippen molar-refractivity contribution in [2.75, 3.05) is 0 Å². The summed E-state index contributed by atoms with van der Waals surface area (Å²) in [5.41, 5.74) is 0.434. The second-order valence-corrected chi connectivity index (χ2v) is 9.20. The predicted molar refractivity (Wildman–Crippen MR) is 87.1 cm³/mol. The largest absolute Gasteiger partial charge is 0.511 e. The van der Waals surface area contributed by atoms with E-state index in [2.05, 4.69) is 0 Å². The Bertz CT molecular complexity index is 535. The minimum Gasteiger partial charge on any atom is -0.511 e. The monoisotopic (exact) mass is 301 g/mol. The Balaban J connectivity index is 1.58. The number of aliphatic hydroxyl groups excluding tert-OH is 1. The Kier molecular flexibility index (Phi) is 3.08. The molecule has 22 heavy (non-hydrogen) atoms. The molecule has 3 heteroatoms. The summed E-state index contributed by atoms with van der Waals surface area (Å²) in [6.45, 7) is 4.07. The summed E-state index contributed by atoms with van der Waals surface area (Å²) in [5.74, 6) is 2.86. The smallest absolute Gasteiger partial charge is 0.168 e. The Labute approximate surface area is 132 Å². The summed E-state index contributed by atoms with van der Waals surface area (Å²) in [5, 5.41) is 10.3. The molecule has 0 unspecified atom stereocenters. The van der Waals surface area contributed by atoms with Gasteiger partial charge in [-0.1, -0.05) is 13.8 Å². The number of carbonyl (C=O) groups is 1. The van der Waals surface area contributed by atoms with Crippen LogP contribution in [0, 0.1) is 23.2 Å². The van der Waals surface area contributed by atoms with E-state index >= 15 is 0 Å². The lowest BCUT2D eigenvalue weighted by molar-refractivity contribution is -0.117. The van der Waals surface area contributed by atoms with E-state index in [0.717, 1.165) is 17.8 Å². The highest BCUT2D eigenvalue weighted by Gasteiger charge is 2.50. The molecule has 0 amide bonds. The number of hydrogen-bond acceptors (Lipinski definition) is 3. The zero-order valence-electron chi connectivity index (χ0n) is 13.8. The highest BCUT2D eigenvalue weighted by molar-refractivity contribution is 6.14. The highest BCUT2D eigenvalue weighted by Crippen LogP contribution is 2.57. The molecule has 5 aliphatic carbocycles. The molecule has 0 aromatic rings. The number of carbonyl (C=O) groups excluding carboxylic acids is 1. The molecule has 5 rings (SSSR count). The van der Waals surface area contributed by atoms with Crippen LogP contribution in [0.25, 0.3) is 0 Å². The molecule has 0 aliphatic heterocycles. The maximum atomic E-state index is 12.3. The second kappa shape index (κ2) is 4.69. The van der Waals surface area contributed by atoms with Gasteiger partial charge in [-0.25, -0.2) is 0 Å². The average Bonchev–Trinajstić information content (AvgIpc) is 2.34. The minimum atomic E-state index is -0.126. The van der Waals surface area contributed by atoms with Crippen molar-refractivity contribution < 1.29 is 9.90 Å². The zero-order valence-corrected chi connectivity index (χ0v) is 13.8. The van der Waals surface area contributed by atoms with Gasteiger partial charge >= 0.3 is 0 Å². The van der Waals surface area contributed by atoms with Crippen LogP contribution >= 0.6 is 0 Å². The number of ketones is 1. The number of allylic oxidation sites excluding steroid dienone is 2. The lowest BCUT2D eigenvalue weighted by Crippen LogP contribution is -2.49. The van der Waals surface area contributed by atoms with Crippen LogP contribution in [0.5, 0.6) is 0 Å². The van der Waals surface area contributed by atoms with Crippen molar-refractivity contribution in [2.24, 2.45) is 28.2 Å². The maximum Gasteiger partial charge on any atom is 0.168 e. The first kappa shape index (κ1) is 14.5. The number of nitrogens with zero attached hydrogens (tertiary/aromatic N) is 1. The van der Waals surface area contributed by atoms with Crippen molar-refractivity contribution in [2.45, 2.75) is 70.8 Å². The molecule has 4 bridgehead atoms. The van der Waals surface area contributed by atoms with Gasteiger partial charge in [0.2, 0.25) is 0 Å². The fourth-order valence-electron chi connectivity index (χ4n) is 5.87. The summed E-state index contributed by atoms with van der Waals surface area (Å²) in [7, 11) is 0. The second-order valence-electron chi connectivity index (χ2n) is 9.20. The van der Waals surface area contributed by atoms with E-state index in [0.29, 0.717) is 18.4 Å². The Morgan fingerprint density at radius 3 is 2.09 bits per heavy atom. The lowest BCUT2D eigenvalue weighted by atomic mass is 9.53. The van der Waals surface area contributed by atoms with Crippen molar-refractivity contribution in [1.29, 1.82) is 0 Å².